The highest BCUT2D eigenvalue weighted by atomic mass is 35.5. The van der Waals surface area contributed by atoms with Gasteiger partial charge < -0.3 is 2.84 Å². The van der Waals surface area contributed by atoms with Gasteiger partial charge in [-0.3, -0.25) is 0 Å². The maximum atomic E-state index is 5.35. The van der Waals surface area contributed by atoms with Crippen LogP contribution in [-0.4, -0.2) is 38.1 Å². The van der Waals surface area contributed by atoms with Gasteiger partial charge in [0.1, 0.15) is 0 Å². The molecule has 0 bridgehead atoms. The third-order valence-electron chi connectivity index (χ3n) is 0.482. The van der Waals surface area contributed by atoms with Crippen LogP contribution in [0.3, 0.4) is 0 Å². The average molecular weight is 136 g/mol. The molecule has 0 radical (unpaired) electrons. The van der Waals surface area contributed by atoms with Gasteiger partial charge in [0.2, 0.25) is 0 Å². The lowest BCUT2D eigenvalue weighted by Crippen LogP contribution is -1.92. The van der Waals surface area contributed by atoms with Gasteiger partial charge in [0.25, 0.3) is 0 Å². The third kappa shape index (κ3) is 5.31. The normalized spacial score (nSPS) is 8.17. The number of alkyl halides is 1. The summed E-state index contributed by atoms with van der Waals surface area (Å²) in [6, 6.07) is 0. The van der Waals surface area contributed by atoms with Crippen LogP contribution in [-0.2, 0) is 2.84 Å². The fourth-order valence-electron chi connectivity index (χ4n) is 0.199. The van der Waals surface area contributed by atoms with Gasteiger partial charge in [-0.05, 0) is 0 Å². The Kier molecular flexibility index (Phi) is 7.70. The van der Waals surface area contributed by atoms with Crippen molar-refractivity contribution in [1.29, 1.82) is 0 Å². The van der Waals surface area contributed by atoms with Crippen LogP contribution < -0.4 is 0 Å². The predicted octanol–water partition coefficient (Wildman–Crippen LogP) is -0.440. The van der Waals surface area contributed by atoms with E-state index in [2.05, 4.69) is 0 Å². The molecule has 4 heteroatoms. The summed E-state index contributed by atoms with van der Waals surface area (Å²) in [5.74, 6) is 0.786. The van der Waals surface area contributed by atoms with Crippen molar-refractivity contribution < 1.29 is 2.84 Å². The molecule has 0 fully saturated rings. The number of rotatable bonds is 3. The Balaban J connectivity index is 2.34. The Morgan fingerprint density at radius 1 is 1.83 bits per heavy atom. The monoisotopic (exact) mass is 136 g/mol. The lowest BCUT2D eigenvalue weighted by molar-refractivity contribution is 0.663. The average Bonchev–Trinajstić information content (AvgIpc) is 1.61. The molecule has 0 aromatic carbocycles. The molecule has 1 nitrogen and oxygen atoms in total. The Labute approximate surface area is 57.8 Å². The molecule has 0 heterocycles. The topological polar surface area (TPSA) is 9.23 Å². The van der Waals surface area contributed by atoms with E-state index in [9.17, 15) is 0 Å². The van der Waals surface area contributed by atoms with E-state index < -0.39 is 0 Å². The predicted molar refractivity (Wildman–Crippen MR) is 32.3 cm³/mol. The van der Waals surface area contributed by atoms with E-state index in [4.69, 9.17) is 14.4 Å². The number of hydrogen-bond acceptors (Lipinski definition) is 1. The van der Waals surface area contributed by atoms with Crippen LogP contribution in [0.25, 0.3) is 0 Å². The summed E-state index contributed by atoms with van der Waals surface area (Å²) in [5, 5.41) is 1.13. The highest BCUT2D eigenvalue weighted by Crippen LogP contribution is 1.80. The van der Waals surface area contributed by atoms with E-state index in [0.717, 1.165) is 27.8 Å². The summed E-state index contributed by atoms with van der Waals surface area (Å²) in [7, 11) is 0. The summed E-state index contributed by atoms with van der Waals surface area (Å²) in [4.78, 5) is 0. The largest absolute Gasteiger partial charge is 0.644 e. The fraction of sp³-hybridized carbons (Fsp3) is 1.00. The molecule has 0 spiro atoms. The minimum absolute atomic E-state index is 0.149. The van der Waals surface area contributed by atoms with Crippen molar-refractivity contribution in [3.05, 3.63) is 0 Å². The van der Waals surface area contributed by atoms with Crippen LogP contribution in [0.4, 0.5) is 0 Å². The van der Waals surface area contributed by atoms with Crippen molar-refractivity contribution in [3.8, 4) is 0 Å². The van der Waals surface area contributed by atoms with E-state index in [0.29, 0.717) is 0 Å². The van der Waals surface area contributed by atoms with Crippen LogP contribution in [0.15, 0.2) is 0 Å². The quantitative estimate of drug-likeness (QED) is 0.290. The molecule has 0 rings (SSSR count). The van der Waals surface area contributed by atoms with Crippen LogP contribution in [0.5, 0.6) is 0 Å². The zero-order valence-corrected chi connectivity index (χ0v) is 8.08. The van der Waals surface area contributed by atoms with E-state index in [1.807, 2.05) is 0 Å². The van der Waals surface area contributed by atoms with Gasteiger partial charge in [0, 0.05) is 5.88 Å². The number of halogens is 1. The summed E-state index contributed by atoms with van der Waals surface area (Å²) in [6.07, 6.45) is 0. The van der Waals surface area contributed by atoms with Gasteiger partial charge in [0.15, 0.2) is 0 Å². The Morgan fingerprint density at radius 2 is 2.50 bits per heavy atom. The van der Waals surface area contributed by atoms with Crippen LogP contribution >= 0.6 is 11.6 Å². The molecule has 0 aromatic heterocycles. The molecule has 0 aliphatic heterocycles. The molecule has 0 amide bonds. The van der Waals surface area contributed by atoms with Crippen LogP contribution in [0.2, 0.25) is 5.28 Å². The summed E-state index contributed by atoms with van der Waals surface area (Å²) >= 11 is 6.11. The van der Waals surface area contributed by atoms with Gasteiger partial charge in [0.05, 0.1) is 0 Å². The third-order valence-corrected chi connectivity index (χ3v) is 3.47. The molecular formula is C2H7Al2ClO. The molecule has 0 unspecified atom stereocenters. The molecule has 0 aliphatic carbocycles. The summed E-state index contributed by atoms with van der Waals surface area (Å²) in [5.41, 5.74) is 0. The fourth-order valence-corrected chi connectivity index (χ4v) is 1.79. The van der Waals surface area contributed by atoms with Gasteiger partial charge in [-0.2, -0.15) is 0 Å². The van der Waals surface area contributed by atoms with Crippen molar-refractivity contribution in [2.45, 2.75) is 5.28 Å². The van der Waals surface area contributed by atoms with E-state index in [1.165, 1.54) is 0 Å². The molecule has 34 valence electrons. The highest BCUT2D eigenvalue weighted by Gasteiger charge is 1.84. The van der Waals surface area contributed by atoms with E-state index in [1.54, 1.807) is 0 Å². The standard InChI is InChI=1S/C2H4Cl.2Al.O.3H/c1-2-3;;;;;;/h1-2H2;;;;;;. The van der Waals surface area contributed by atoms with Crippen molar-refractivity contribution in [1.82, 2.24) is 0 Å². The lowest BCUT2D eigenvalue weighted by atomic mass is 11.0. The molecular weight excluding hydrogens is 129 g/mol. The Bertz CT molecular complexity index is 23.5. The van der Waals surface area contributed by atoms with E-state index in [-0.39, 0.29) is 15.6 Å². The molecule has 6 heavy (non-hydrogen) atoms. The highest BCUT2D eigenvalue weighted by molar-refractivity contribution is 6.36. The van der Waals surface area contributed by atoms with Crippen molar-refractivity contribution in [2.24, 2.45) is 0 Å². The first-order valence-corrected chi connectivity index (χ1v) is 4.89. The minimum atomic E-state index is -0.149. The van der Waals surface area contributed by atoms with Crippen molar-refractivity contribution >= 4 is 43.8 Å². The second-order valence-electron chi connectivity index (χ2n) is 1.04. The second-order valence-corrected chi connectivity index (χ2v) is 4.84. The SMILES string of the molecule is [AlH2][O][AlH][CH2]CCl. The van der Waals surface area contributed by atoms with Gasteiger partial charge in [-0.1, -0.05) is 5.28 Å². The molecule has 0 aromatic rings. The summed E-state index contributed by atoms with van der Waals surface area (Å²) < 4.78 is 4.98. The molecule has 0 N–H and O–H groups in total. The maximum Gasteiger partial charge on any atom is 0.405 e. The summed E-state index contributed by atoms with van der Waals surface area (Å²) in [6.45, 7) is 0. The van der Waals surface area contributed by atoms with Gasteiger partial charge in [-0.25, -0.2) is 0 Å². The first kappa shape index (κ1) is 7.31. The maximum absolute atomic E-state index is 5.35. The Hall–Kier alpha value is 1.31. The minimum Gasteiger partial charge on any atom is -0.644 e. The van der Waals surface area contributed by atoms with Gasteiger partial charge >= 0.3 is 32.2 Å². The smallest absolute Gasteiger partial charge is 0.405 e. The van der Waals surface area contributed by atoms with Crippen LogP contribution in [0.1, 0.15) is 0 Å². The van der Waals surface area contributed by atoms with E-state index >= 15 is 0 Å². The number of hydrogen-bond donors (Lipinski definition) is 0. The first-order valence-electron chi connectivity index (χ1n) is 1.96. The molecule has 0 saturated heterocycles. The lowest BCUT2D eigenvalue weighted by Gasteiger charge is -1.86. The van der Waals surface area contributed by atoms with Crippen LogP contribution in [0, 0.1) is 0 Å². The molecule has 0 atom stereocenters. The van der Waals surface area contributed by atoms with Crippen molar-refractivity contribution in [2.75, 3.05) is 5.88 Å². The molecule has 0 aliphatic rings. The second kappa shape index (κ2) is 6.31. The zero-order chi connectivity index (χ0) is 4.83. The van der Waals surface area contributed by atoms with Crippen molar-refractivity contribution in [3.63, 3.8) is 0 Å². The molecule has 0 saturated carbocycles. The first-order chi connectivity index (χ1) is 2.91. The zero-order valence-electron chi connectivity index (χ0n) is 3.91. The Morgan fingerprint density at radius 3 is 2.67 bits per heavy atom. The van der Waals surface area contributed by atoms with Gasteiger partial charge in [-0.15, -0.1) is 11.6 Å².